The van der Waals surface area contributed by atoms with Crippen molar-refractivity contribution in [3.63, 3.8) is 0 Å². The van der Waals surface area contributed by atoms with Gasteiger partial charge >= 0.3 is 0 Å². The molecule has 0 radical (unpaired) electrons. The second kappa shape index (κ2) is 3.78. The van der Waals surface area contributed by atoms with E-state index in [9.17, 15) is 0 Å². The molecule has 2 aromatic rings. The quantitative estimate of drug-likeness (QED) is 0.795. The highest BCUT2D eigenvalue weighted by Crippen LogP contribution is 2.18. The SMILES string of the molecule is Cc1cnc(-c2noc(CN)n2)c(C)c1. The maximum Gasteiger partial charge on any atom is 0.240 e. The number of nitrogens with two attached hydrogens (primary N) is 1. The van der Waals surface area contributed by atoms with E-state index in [1.165, 1.54) is 0 Å². The molecule has 0 fully saturated rings. The molecule has 5 nitrogen and oxygen atoms in total. The predicted octanol–water partition coefficient (Wildman–Crippen LogP) is 1.21. The van der Waals surface area contributed by atoms with Gasteiger partial charge in [-0.25, -0.2) is 0 Å². The topological polar surface area (TPSA) is 77.8 Å². The highest BCUT2D eigenvalue weighted by atomic mass is 16.5. The zero-order valence-corrected chi connectivity index (χ0v) is 8.69. The molecular weight excluding hydrogens is 192 g/mol. The van der Waals surface area contributed by atoms with Crippen molar-refractivity contribution < 1.29 is 4.52 Å². The Balaban J connectivity index is 2.44. The van der Waals surface area contributed by atoms with Crippen molar-refractivity contribution in [2.24, 2.45) is 5.73 Å². The Morgan fingerprint density at radius 3 is 2.80 bits per heavy atom. The van der Waals surface area contributed by atoms with Crippen LogP contribution in [0.25, 0.3) is 11.5 Å². The first-order valence-corrected chi connectivity index (χ1v) is 4.67. The van der Waals surface area contributed by atoms with Gasteiger partial charge in [-0.15, -0.1) is 0 Å². The summed E-state index contributed by atoms with van der Waals surface area (Å²) >= 11 is 0. The summed E-state index contributed by atoms with van der Waals surface area (Å²) in [4.78, 5) is 8.39. The monoisotopic (exact) mass is 204 g/mol. The van der Waals surface area contributed by atoms with Gasteiger partial charge in [0.2, 0.25) is 11.7 Å². The maximum absolute atomic E-state index is 5.39. The zero-order valence-electron chi connectivity index (χ0n) is 8.69. The van der Waals surface area contributed by atoms with Gasteiger partial charge in [-0.3, -0.25) is 4.98 Å². The fourth-order valence-corrected chi connectivity index (χ4v) is 1.38. The summed E-state index contributed by atoms with van der Waals surface area (Å²) in [6.45, 7) is 4.21. The molecule has 2 N–H and O–H groups in total. The molecule has 15 heavy (non-hydrogen) atoms. The van der Waals surface area contributed by atoms with Gasteiger partial charge in [-0.05, 0) is 25.0 Å². The van der Waals surface area contributed by atoms with Gasteiger partial charge < -0.3 is 10.3 Å². The average Bonchev–Trinajstić information content (AvgIpc) is 2.66. The van der Waals surface area contributed by atoms with Gasteiger partial charge in [0.25, 0.3) is 0 Å². The summed E-state index contributed by atoms with van der Waals surface area (Å²) in [5, 5.41) is 3.82. The van der Waals surface area contributed by atoms with Crippen molar-refractivity contribution in [1.29, 1.82) is 0 Å². The Morgan fingerprint density at radius 1 is 1.40 bits per heavy atom. The van der Waals surface area contributed by atoms with Crippen molar-refractivity contribution in [2.75, 3.05) is 0 Å². The number of aromatic nitrogens is 3. The normalized spacial score (nSPS) is 10.6. The van der Waals surface area contributed by atoms with E-state index in [4.69, 9.17) is 10.3 Å². The van der Waals surface area contributed by atoms with Crippen LogP contribution in [0, 0.1) is 13.8 Å². The molecule has 2 rings (SSSR count). The fourth-order valence-electron chi connectivity index (χ4n) is 1.38. The van der Waals surface area contributed by atoms with E-state index in [2.05, 4.69) is 15.1 Å². The molecular formula is C10H12N4O. The van der Waals surface area contributed by atoms with Gasteiger partial charge in [-0.1, -0.05) is 11.2 Å². The fraction of sp³-hybridized carbons (Fsp3) is 0.300. The minimum Gasteiger partial charge on any atom is -0.338 e. The second-order valence-corrected chi connectivity index (χ2v) is 3.39. The standard InChI is InChI=1S/C10H12N4O/c1-6-3-7(2)9(12-5-6)10-13-8(4-11)15-14-10/h3,5H,4,11H2,1-2H3. The smallest absolute Gasteiger partial charge is 0.240 e. The van der Waals surface area contributed by atoms with Gasteiger partial charge in [-0.2, -0.15) is 4.98 Å². The van der Waals surface area contributed by atoms with Crippen LogP contribution >= 0.6 is 0 Å². The number of pyridine rings is 1. The lowest BCUT2D eigenvalue weighted by Gasteiger charge is -2.00. The number of aryl methyl sites for hydroxylation is 2. The van der Waals surface area contributed by atoms with Gasteiger partial charge in [0.05, 0.1) is 6.54 Å². The van der Waals surface area contributed by atoms with Gasteiger partial charge in [0.15, 0.2) is 0 Å². The van der Waals surface area contributed by atoms with Crippen LogP contribution in [-0.4, -0.2) is 15.1 Å². The van der Waals surface area contributed by atoms with Crippen molar-refractivity contribution >= 4 is 0 Å². The first-order valence-electron chi connectivity index (χ1n) is 4.67. The van der Waals surface area contributed by atoms with Crippen LogP contribution in [0.1, 0.15) is 17.0 Å². The van der Waals surface area contributed by atoms with E-state index in [0.29, 0.717) is 11.7 Å². The molecule has 0 aliphatic carbocycles. The Bertz CT molecular complexity index is 478. The molecule has 0 saturated heterocycles. The number of rotatable bonds is 2. The Morgan fingerprint density at radius 2 is 2.20 bits per heavy atom. The van der Waals surface area contributed by atoms with Crippen LogP contribution in [0.2, 0.25) is 0 Å². The molecule has 0 atom stereocenters. The summed E-state index contributed by atoms with van der Waals surface area (Å²) in [6.07, 6.45) is 1.78. The summed E-state index contributed by atoms with van der Waals surface area (Å²) in [5.41, 5.74) is 8.26. The lowest BCUT2D eigenvalue weighted by molar-refractivity contribution is 0.380. The third-order valence-corrected chi connectivity index (χ3v) is 2.07. The van der Waals surface area contributed by atoms with Crippen molar-refractivity contribution in [2.45, 2.75) is 20.4 Å². The first-order chi connectivity index (χ1) is 7.20. The van der Waals surface area contributed by atoms with E-state index >= 15 is 0 Å². The predicted molar refractivity (Wildman–Crippen MR) is 54.9 cm³/mol. The molecule has 78 valence electrons. The summed E-state index contributed by atoms with van der Waals surface area (Å²) < 4.78 is 4.93. The lowest BCUT2D eigenvalue weighted by Crippen LogP contribution is -1.96. The van der Waals surface area contributed by atoms with E-state index in [1.54, 1.807) is 6.20 Å². The molecule has 0 aliphatic heterocycles. The second-order valence-electron chi connectivity index (χ2n) is 3.39. The Labute approximate surface area is 87.3 Å². The van der Waals surface area contributed by atoms with Crippen molar-refractivity contribution in [3.05, 3.63) is 29.3 Å². The van der Waals surface area contributed by atoms with E-state index in [0.717, 1.165) is 16.8 Å². The Hall–Kier alpha value is -1.75. The molecule has 0 spiro atoms. The van der Waals surface area contributed by atoms with Crippen LogP contribution < -0.4 is 5.73 Å². The van der Waals surface area contributed by atoms with Crippen LogP contribution in [0.5, 0.6) is 0 Å². The van der Waals surface area contributed by atoms with Crippen LogP contribution in [0.4, 0.5) is 0 Å². The lowest BCUT2D eigenvalue weighted by atomic mass is 10.1. The number of nitrogens with zero attached hydrogens (tertiary/aromatic N) is 3. The molecule has 2 aromatic heterocycles. The third-order valence-electron chi connectivity index (χ3n) is 2.07. The highest BCUT2D eigenvalue weighted by molar-refractivity contribution is 5.53. The first kappa shape index (κ1) is 9.79. The molecule has 0 aromatic carbocycles. The highest BCUT2D eigenvalue weighted by Gasteiger charge is 2.10. The zero-order chi connectivity index (χ0) is 10.8. The summed E-state index contributed by atoms with van der Waals surface area (Å²) in [7, 11) is 0. The van der Waals surface area contributed by atoms with E-state index < -0.39 is 0 Å². The molecule has 0 bridgehead atoms. The molecule has 0 unspecified atom stereocenters. The van der Waals surface area contributed by atoms with Crippen LogP contribution in [0.15, 0.2) is 16.8 Å². The Kier molecular flexibility index (Phi) is 2.47. The third kappa shape index (κ3) is 1.87. The van der Waals surface area contributed by atoms with Crippen LogP contribution in [0.3, 0.4) is 0 Å². The average molecular weight is 204 g/mol. The molecule has 5 heteroatoms. The number of hydrogen-bond acceptors (Lipinski definition) is 5. The minimum atomic E-state index is 0.248. The van der Waals surface area contributed by atoms with Crippen molar-refractivity contribution in [3.8, 4) is 11.5 Å². The summed E-state index contributed by atoms with van der Waals surface area (Å²) in [5.74, 6) is 0.916. The molecule has 0 aliphatic rings. The van der Waals surface area contributed by atoms with Crippen molar-refractivity contribution in [1.82, 2.24) is 15.1 Å². The van der Waals surface area contributed by atoms with Gasteiger partial charge in [0, 0.05) is 6.20 Å². The van der Waals surface area contributed by atoms with Gasteiger partial charge in [0.1, 0.15) is 5.69 Å². The largest absolute Gasteiger partial charge is 0.338 e. The maximum atomic E-state index is 5.39. The minimum absolute atomic E-state index is 0.248. The molecule has 0 amide bonds. The van der Waals surface area contributed by atoms with E-state index in [1.807, 2.05) is 19.9 Å². The summed E-state index contributed by atoms with van der Waals surface area (Å²) in [6, 6.07) is 2.03. The van der Waals surface area contributed by atoms with E-state index in [-0.39, 0.29) is 6.54 Å². The number of hydrogen-bond donors (Lipinski definition) is 1. The molecule has 2 heterocycles. The van der Waals surface area contributed by atoms with Crippen LogP contribution in [-0.2, 0) is 6.54 Å². The molecule has 0 saturated carbocycles.